The fourth-order valence-electron chi connectivity index (χ4n) is 2.70. The minimum atomic E-state index is -0.747. The average molecular weight is 305 g/mol. The molecule has 0 unspecified atom stereocenters. The van der Waals surface area contributed by atoms with E-state index in [2.05, 4.69) is 6.58 Å². The van der Waals surface area contributed by atoms with E-state index < -0.39 is 12.0 Å². The second-order valence-corrected chi connectivity index (χ2v) is 5.89. The standard InChI is InChI=1S/C16H17ClN2O2/c1-9(2)6-13-15(20)10(3)19(16(13)21)12-5-4-11(8-18)14(17)7-12/h4-5,7,10,13,15,20H,1,6H2,2-3H3/t10-,13-,15+/m0/s1. The zero-order valence-corrected chi connectivity index (χ0v) is 12.8. The molecule has 3 atom stereocenters. The fourth-order valence-corrected chi connectivity index (χ4v) is 2.92. The first-order chi connectivity index (χ1) is 9.86. The Kier molecular flexibility index (Phi) is 4.36. The molecule has 0 aromatic heterocycles. The lowest BCUT2D eigenvalue weighted by Gasteiger charge is -2.23. The Balaban J connectivity index is 2.36. The smallest absolute Gasteiger partial charge is 0.233 e. The largest absolute Gasteiger partial charge is 0.390 e. The third kappa shape index (κ3) is 2.80. The van der Waals surface area contributed by atoms with Crippen LogP contribution >= 0.6 is 11.6 Å². The number of hydrogen-bond donors (Lipinski definition) is 1. The van der Waals surface area contributed by atoms with Crippen molar-refractivity contribution in [1.29, 1.82) is 5.26 Å². The topological polar surface area (TPSA) is 64.3 Å². The van der Waals surface area contributed by atoms with E-state index in [1.807, 2.05) is 13.0 Å². The monoisotopic (exact) mass is 304 g/mol. The van der Waals surface area contributed by atoms with Crippen LogP contribution in [0.2, 0.25) is 5.02 Å². The van der Waals surface area contributed by atoms with Gasteiger partial charge < -0.3 is 10.0 Å². The maximum absolute atomic E-state index is 12.5. The lowest BCUT2D eigenvalue weighted by molar-refractivity contribution is -0.121. The van der Waals surface area contributed by atoms with Crippen LogP contribution in [-0.4, -0.2) is 23.2 Å². The molecule has 21 heavy (non-hydrogen) atoms. The Morgan fingerprint density at radius 1 is 1.57 bits per heavy atom. The van der Waals surface area contributed by atoms with Crippen LogP contribution in [0.5, 0.6) is 0 Å². The molecule has 4 nitrogen and oxygen atoms in total. The minimum absolute atomic E-state index is 0.140. The number of carbonyl (C=O) groups is 1. The molecule has 0 aliphatic carbocycles. The summed E-state index contributed by atoms with van der Waals surface area (Å²) in [5.74, 6) is -0.620. The van der Waals surface area contributed by atoms with E-state index in [0.29, 0.717) is 22.7 Å². The first-order valence-electron chi connectivity index (χ1n) is 6.72. The predicted molar refractivity (Wildman–Crippen MR) is 82.0 cm³/mol. The van der Waals surface area contributed by atoms with Gasteiger partial charge in [-0.1, -0.05) is 17.2 Å². The molecule has 1 heterocycles. The molecule has 5 heteroatoms. The highest BCUT2D eigenvalue weighted by Gasteiger charge is 2.45. The summed E-state index contributed by atoms with van der Waals surface area (Å²) in [5, 5.41) is 19.5. The molecule has 110 valence electrons. The van der Waals surface area contributed by atoms with Gasteiger partial charge in [-0.25, -0.2) is 0 Å². The van der Waals surface area contributed by atoms with Crippen LogP contribution in [0.1, 0.15) is 25.8 Å². The summed E-state index contributed by atoms with van der Waals surface area (Å²) >= 11 is 6.02. The van der Waals surface area contributed by atoms with Crippen molar-refractivity contribution in [2.75, 3.05) is 4.90 Å². The van der Waals surface area contributed by atoms with Crippen molar-refractivity contribution < 1.29 is 9.90 Å². The average Bonchev–Trinajstić information content (AvgIpc) is 2.62. The van der Waals surface area contributed by atoms with Gasteiger partial charge >= 0.3 is 0 Å². The first-order valence-corrected chi connectivity index (χ1v) is 7.09. The van der Waals surface area contributed by atoms with Gasteiger partial charge in [0.05, 0.1) is 28.6 Å². The first kappa shape index (κ1) is 15.6. The van der Waals surface area contributed by atoms with Crippen LogP contribution < -0.4 is 4.90 Å². The van der Waals surface area contributed by atoms with Crippen LogP contribution in [0.15, 0.2) is 30.4 Å². The molecule has 1 amide bonds. The van der Waals surface area contributed by atoms with Crippen LogP contribution in [-0.2, 0) is 4.79 Å². The molecule has 1 aromatic carbocycles. The number of benzene rings is 1. The van der Waals surface area contributed by atoms with E-state index in [0.717, 1.165) is 5.57 Å². The Morgan fingerprint density at radius 2 is 2.24 bits per heavy atom. The molecule has 1 aromatic rings. The summed E-state index contributed by atoms with van der Waals surface area (Å²) in [6.45, 7) is 7.45. The Morgan fingerprint density at radius 3 is 2.76 bits per heavy atom. The van der Waals surface area contributed by atoms with Crippen molar-refractivity contribution in [3.05, 3.63) is 40.9 Å². The van der Waals surface area contributed by atoms with Gasteiger partial charge in [-0.3, -0.25) is 4.79 Å². The normalized spacial score (nSPS) is 25.0. The summed E-state index contributed by atoms with van der Waals surface area (Å²) in [4.78, 5) is 14.1. The molecular weight excluding hydrogens is 288 g/mol. The number of carbonyl (C=O) groups excluding carboxylic acids is 1. The Labute approximate surface area is 129 Å². The van der Waals surface area contributed by atoms with E-state index in [4.69, 9.17) is 16.9 Å². The van der Waals surface area contributed by atoms with E-state index in [1.54, 1.807) is 30.0 Å². The van der Waals surface area contributed by atoms with Gasteiger partial charge in [0, 0.05) is 5.69 Å². The molecule has 0 radical (unpaired) electrons. The molecule has 0 saturated carbocycles. The van der Waals surface area contributed by atoms with Crippen molar-refractivity contribution in [1.82, 2.24) is 0 Å². The van der Waals surface area contributed by atoms with Gasteiger partial charge in [-0.15, -0.1) is 6.58 Å². The summed E-state index contributed by atoms with van der Waals surface area (Å²) < 4.78 is 0. The van der Waals surface area contributed by atoms with Crippen molar-refractivity contribution in [3.63, 3.8) is 0 Å². The van der Waals surface area contributed by atoms with E-state index in [1.165, 1.54) is 0 Å². The third-order valence-electron chi connectivity index (χ3n) is 3.79. The van der Waals surface area contributed by atoms with Gasteiger partial charge in [0.15, 0.2) is 0 Å². The molecule has 1 N–H and O–H groups in total. The third-order valence-corrected chi connectivity index (χ3v) is 4.10. The molecule has 1 aliphatic heterocycles. The molecule has 0 bridgehead atoms. The van der Waals surface area contributed by atoms with Crippen LogP contribution in [0.25, 0.3) is 0 Å². The molecule has 1 fully saturated rings. The lowest BCUT2D eigenvalue weighted by Crippen LogP contribution is -2.34. The molecule has 0 spiro atoms. The minimum Gasteiger partial charge on any atom is -0.390 e. The number of anilines is 1. The molecule has 1 aliphatic rings. The lowest BCUT2D eigenvalue weighted by atomic mass is 9.95. The molecule has 1 saturated heterocycles. The highest BCUT2D eigenvalue weighted by Crippen LogP contribution is 2.35. The summed E-state index contributed by atoms with van der Waals surface area (Å²) in [5.41, 5.74) is 1.82. The van der Waals surface area contributed by atoms with Gasteiger partial charge in [0.1, 0.15) is 6.07 Å². The summed E-state index contributed by atoms with van der Waals surface area (Å²) in [7, 11) is 0. The Bertz CT molecular complexity index is 636. The van der Waals surface area contributed by atoms with Crippen LogP contribution in [0.4, 0.5) is 5.69 Å². The second-order valence-electron chi connectivity index (χ2n) is 5.48. The molecule has 2 rings (SSSR count). The zero-order valence-electron chi connectivity index (χ0n) is 12.0. The van der Waals surface area contributed by atoms with Crippen molar-refractivity contribution in [2.24, 2.45) is 5.92 Å². The van der Waals surface area contributed by atoms with E-state index >= 15 is 0 Å². The summed E-state index contributed by atoms with van der Waals surface area (Å²) in [6.07, 6.45) is -0.284. The predicted octanol–water partition coefficient (Wildman–Crippen LogP) is 2.89. The van der Waals surface area contributed by atoms with Crippen LogP contribution in [0, 0.1) is 17.2 Å². The van der Waals surface area contributed by atoms with Crippen LogP contribution in [0.3, 0.4) is 0 Å². The van der Waals surface area contributed by atoms with E-state index in [-0.39, 0.29) is 11.9 Å². The van der Waals surface area contributed by atoms with Crippen molar-refractivity contribution in [2.45, 2.75) is 32.4 Å². The van der Waals surface area contributed by atoms with Gasteiger partial charge in [0.2, 0.25) is 5.91 Å². The number of aliphatic hydroxyl groups is 1. The number of nitrogens with zero attached hydrogens (tertiary/aromatic N) is 2. The van der Waals surface area contributed by atoms with Crippen molar-refractivity contribution in [3.8, 4) is 6.07 Å². The quantitative estimate of drug-likeness (QED) is 0.873. The van der Waals surface area contributed by atoms with E-state index in [9.17, 15) is 9.90 Å². The number of halogens is 1. The number of hydrogen-bond acceptors (Lipinski definition) is 3. The number of amides is 1. The fraction of sp³-hybridized carbons (Fsp3) is 0.375. The number of rotatable bonds is 3. The maximum Gasteiger partial charge on any atom is 0.233 e. The maximum atomic E-state index is 12.5. The number of nitriles is 1. The zero-order chi connectivity index (χ0) is 15.7. The highest BCUT2D eigenvalue weighted by atomic mass is 35.5. The number of allylic oxidation sites excluding steroid dienone is 1. The van der Waals surface area contributed by atoms with Gasteiger partial charge in [0.25, 0.3) is 0 Å². The Hall–Kier alpha value is -1.83. The second kappa shape index (κ2) is 5.88. The van der Waals surface area contributed by atoms with Gasteiger partial charge in [-0.05, 0) is 38.5 Å². The molecular formula is C16H17ClN2O2. The van der Waals surface area contributed by atoms with Gasteiger partial charge in [-0.2, -0.15) is 5.26 Å². The van der Waals surface area contributed by atoms with Crippen molar-refractivity contribution >= 4 is 23.2 Å². The SMILES string of the molecule is C=C(C)C[C@@H]1C(=O)N(c2ccc(C#N)c(Cl)c2)[C@@H](C)[C@H]1O. The number of aliphatic hydroxyl groups excluding tert-OH is 1. The summed E-state index contributed by atoms with van der Waals surface area (Å²) in [6, 6.07) is 6.48. The highest BCUT2D eigenvalue weighted by molar-refractivity contribution is 6.32.